The van der Waals surface area contributed by atoms with Crippen LogP contribution in [-0.4, -0.2) is 49.9 Å². The van der Waals surface area contributed by atoms with Gasteiger partial charge in [-0.05, 0) is 35.4 Å². The molecule has 5 rings (SSSR count). The molecule has 0 bridgehead atoms. The van der Waals surface area contributed by atoms with E-state index in [1.165, 1.54) is 0 Å². The molecule has 1 aliphatic heterocycles. The number of piperazine rings is 1. The minimum atomic E-state index is -0.0266. The van der Waals surface area contributed by atoms with E-state index in [0.29, 0.717) is 29.8 Å². The number of anilines is 1. The third kappa shape index (κ3) is 2.94. The van der Waals surface area contributed by atoms with E-state index >= 15 is 0 Å². The number of carbonyl (C=O) groups excluding carboxylic acids is 2. The Morgan fingerprint density at radius 3 is 2.23 bits per heavy atom. The number of ether oxygens (including phenoxy) is 1. The Kier molecular flexibility index (Phi) is 4.51. The summed E-state index contributed by atoms with van der Waals surface area (Å²) in [6.07, 6.45) is 0. The molecule has 5 nitrogen and oxygen atoms in total. The molecular weight excluding hydrogens is 376 g/mol. The number of ketones is 1. The van der Waals surface area contributed by atoms with Gasteiger partial charge in [0.15, 0.2) is 5.78 Å². The van der Waals surface area contributed by atoms with E-state index in [-0.39, 0.29) is 11.7 Å². The largest absolute Gasteiger partial charge is 0.495 e. The Hall–Kier alpha value is -3.60. The standard InChI is InChI=1S/C25H22N2O3/c1-30-23-9-5-4-8-22(23)26-12-14-27(15-13-26)25(29)17-10-11-19-18-6-2-3-7-20(18)24(28)21(19)16-17/h2-11,16H,12-15H2,1H3. The number of rotatable bonds is 3. The Labute approximate surface area is 175 Å². The second-order valence-corrected chi connectivity index (χ2v) is 7.59. The van der Waals surface area contributed by atoms with Gasteiger partial charge in [0.2, 0.25) is 0 Å². The lowest BCUT2D eigenvalue weighted by Crippen LogP contribution is -2.48. The Bertz CT molecular complexity index is 1150. The summed E-state index contributed by atoms with van der Waals surface area (Å²) in [5.41, 5.74) is 4.81. The summed E-state index contributed by atoms with van der Waals surface area (Å²) in [6.45, 7) is 2.73. The van der Waals surface area contributed by atoms with Crippen LogP contribution in [0.15, 0.2) is 66.7 Å². The number of amides is 1. The molecule has 0 radical (unpaired) electrons. The van der Waals surface area contributed by atoms with Crippen LogP contribution in [0.1, 0.15) is 26.3 Å². The lowest BCUT2D eigenvalue weighted by molar-refractivity contribution is 0.0746. The minimum Gasteiger partial charge on any atom is -0.495 e. The van der Waals surface area contributed by atoms with E-state index in [9.17, 15) is 9.59 Å². The number of para-hydroxylation sites is 2. The average Bonchev–Trinajstić information content (AvgIpc) is 3.10. The second kappa shape index (κ2) is 7.34. The van der Waals surface area contributed by atoms with E-state index < -0.39 is 0 Å². The molecule has 1 aliphatic carbocycles. The monoisotopic (exact) mass is 398 g/mol. The molecule has 0 atom stereocenters. The molecule has 0 unspecified atom stereocenters. The first kappa shape index (κ1) is 18.4. The normalized spacial score (nSPS) is 15.0. The smallest absolute Gasteiger partial charge is 0.253 e. The molecule has 150 valence electrons. The van der Waals surface area contributed by atoms with Crippen molar-refractivity contribution in [1.29, 1.82) is 0 Å². The van der Waals surface area contributed by atoms with Crippen molar-refractivity contribution >= 4 is 17.4 Å². The highest BCUT2D eigenvalue weighted by Gasteiger charge is 2.29. The van der Waals surface area contributed by atoms with E-state index in [0.717, 1.165) is 35.7 Å². The van der Waals surface area contributed by atoms with Gasteiger partial charge in [-0.1, -0.05) is 42.5 Å². The van der Waals surface area contributed by atoms with Crippen LogP contribution >= 0.6 is 0 Å². The summed E-state index contributed by atoms with van der Waals surface area (Å²) >= 11 is 0. The number of methoxy groups -OCH3 is 1. The molecule has 0 spiro atoms. The Balaban J connectivity index is 1.33. The Morgan fingerprint density at radius 1 is 0.800 bits per heavy atom. The van der Waals surface area contributed by atoms with Gasteiger partial charge in [-0.3, -0.25) is 9.59 Å². The summed E-state index contributed by atoms with van der Waals surface area (Å²) in [7, 11) is 1.67. The fourth-order valence-electron chi connectivity index (χ4n) is 4.39. The van der Waals surface area contributed by atoms with Crippen LogP contribution in [0.3, 0.4) is 0 Å². The van der Waals surface area contributed by atoms with E-state index in [2.05, 4.69) is 4.90 Å². The van der Waals surface area contributed by atoms with Gasteiger partial charge in [-0.2, -0.15) is 0 Å². The maximum atomic E-state index is 13.1. The van der Waals surface area contributed by atoms with Crippen molar-refractivity contribution in [2.75, 3.05) is 38.2 Å². The van der Waals surface area contributed by atoms with Gasteiger partial charge in [-0.15, -0.1) is 0 Å². The van der Waals surface area contributed by atoms with Crippen LogP contribution in [0.25, 0.3) is 11.1 Å². The fourth-order valence-corrected chi connectivity index (χ4v) is 4.39. The van der Waals surface area contributed by atoms with Gasteiger partial charge in [-0.25, -0.2) is 0 Å². The molecule has 5 heteroatoms. The summed E-state index contributed by atoms with van der Waals surface area (Å²) in [5.74, 6) is 0.812. The number of nitrogens with zero attached hydrogens (tertiary/aromatic N) is 2. The van der Waals surface area contributed by atoms with Gasteiger partial charge >= 0.3 is 0 Å². The van der Waals surface area contributed by atoms with Crippen molar-refractivity contribution < 1.29 is 14.3 Å². The number of carbonyl (C=O) groups is 2. The molecule has 1 saturated heterocycles. The second-order valence-electron chi connectivity index (χ2n) is 7.59. The first-order valence-electron chi connectivity index (χ1n) is 10.1. The topological polar surface area (TPSA) is 49.9 Å². The molecule has 0 aromatic heterocycles. The van der Waals surface area contributed by atoms with Gasteiger partial charge in [0.25, 0.3) is 5.91 Å². The number of benzene rings is 3. The van der Waals surface area contributed by atoms with Crippen molar-refractivity contribution in [1.82, 2.24) is 4.90 Å². The first-order valence-corrected chi connectivity index (χ1v) is 10.1. The number of hydrogen-bond donors (Lipinski definition) is 0. The lowest BCUT2D eigenvalue weighted by atomic mass is 10.0. The van der Waals surface area contributed by atoms with Crippen LogP contribution < -0.4 is 9.64 Å². The summed E-state index contributed by atoms with van der Waals surface area (Å²) < 4.78 is 5.47. The van der Waals surface area contributed by atoms with Crippen molar-refractivity contribution in [2.45, 2.75) is 0 Å². The van der Waals surface area contributed by atoms with Crippen LogP contribution in [0.5, 0.6) is 5.75 Å². The molecular formula is C25H22N2O3. The van der Waals surface area contributed by atoms with E-state index in [4.69, 9.17) is 4.74 Å². The third-order valence-corrected chi connectivity index (χ3v) is 5.97. The predicted octanol–water partition coefficient (Wildman–Crippen LogP) is 3.87. The zero-order valence-electron chi connectivity index (χ0n) is 16.8. The van der Waals surface area contributed by atoms with Crippen molar-refractivity contribution in [3.8, 4) is 16.9 Å². The molecule has 1 heterocycles. The van der Waals surface area contributed by atoms with Crippen LogP contribution in [0, 0.1) is 0 Å². The highest BCUT2D eigenvalue weighted by Crippen LogP contribution is 2.37. The van der Waals surface area contributed by atoms with E-state index in [1.807, 2.05) is 65.6 Å². The molecule has 2 aliphatic rings. The molecule has 30 heavy (non-hydrogen) atoms. The van der Waals surface area contributed by atoms with E-state index in [1.54, 1.807) is 13.2 Å². The predicted molar refractivity (Wildman–Crippen MR) is 116 cm³/mol. The minimum absolute atomic E-state index is 0.00348. The number of hydrogen-bond acceptors (Lipinski definition) is 4. The van der Waals surface area contributed by atoms with Crippen LogP contribution in [-0.2, 0) is 0 Å². The third-order valence-electron chi connectivity index (χ3n) is 5.97. The molecule has 0 N–H and O–H groups in total. The molecule has 3 aromatic rings. The maximum Gasteiger partial charge on any atom is 0.253 e. The van der Waals surface area contributed by atoms with Crippen molar-refractivity contribution in [3.63, 3.8) is 0 Å². The number of fused-ring (bicyclic) bond motifs is 3. The first-order chi connectivity index (χ1) is 14.7. The summed E-state index contributed by atoms with van der Waals surface area (Å²) in [6, 6.07) is 21.0. The maximum absolute atomic E-state index is 13.1. The highest BCUT2D eigenvalue weighted by atomic mass is 16.5. The molecule has 0 saturated carbocycles. The fraction of sp³-hybridized carbons (Fsp3) is 0.200. The molecule has 1 amide bonds. The van der Waals surface area contributed by atoms with Gasteiger partial charge in [0.1, 0.15) is 5.75 Å². The summed E-state index contributed by atoms with van der Waals surface area (Å²) in [5, 5.41) is 0. The van der Waals surface area contributed by atoms with Gasteiger partial charge < -0.3 is 14.5 Å². The van der Waals surface area contributed by atoms with Crippen LogP contribution in [0.2, 0.25) is 0 Å². The van der Waals surface area contributed by atoms with Gasteiger partial charge in [0, 0.05) is 42.9 Å². The van der Waals surface area contributed by atoms with Crippen molar-refractivity contribution in [2.24, 2.45) is 0 Å². The lowest BCUT2D eigenvalue weighted by Gasteiger charge is -2.36. The van der Waals surface area contributed by atoms with Gasteiger partial charge in [0.05, 0.1) is 12.8 Å². The van der Waals surface area contributed by atoms with Crippen LogP contribution in [0.4, 0.5) is 5.69 Å². The zero-order valence-corrected chi connectivity index (χ0v) is 16.8. The Morgan fingerprint density at radius 2 is 1.47 bits per heavy atom. The molecule has 3 aromatic carbocycles. The zero-order chi connectivity index (χ0) is 20.7. The molecule has 1 fully saturated rings. The SMILES string of the molecule is COc1ccccc1N1CCN(C(=O)c2ccc3c(c2)C(=O)c2ccccc2-3)CC1. The average molecular weight is 398 g/mol. The summed E-state index contributed by atoms with van der Waals surface area (Å²) in [4.78, 5) is 30.0. The van der Waals surface area contributed by atoms with Crippen molar-refractivity contribution in [3.05, 3.63) is 83.4 Å². The highest BCUT2D eigenvalue weighted by molar-refractivity contribution is 6.22. The quantitative estimate of drug-likeness (QED) is 0.526.